The Hall–Kier alpha value is -1.90. The summed E-state index contributed by atoms with van der Waals surface area (Å²) in [5.41, 5.74) is 1.73. The Bertz CT molecular complexity index is 717. The maximum atomic E-state index is 9.53. The molecule has 2 nitrogen and oxygen atoms in total. The molecule has 3 rings (SSSR count). The third-order valence-electron chi connectivity index (χ3n) is 3.39. The van der Waals surface area contributed by atoms with Crippen LogP contribution in [0.25, 0.3) is 21.5 Å². The number of aliphatic hydroxyl groups excluding tert-OH is 2. The summed E-state index contributed by atoms with van der Waals surface area (Å²) in [5, 5.41) is 23.3. The molecule has 0 unspecified atom stereocenters. The molecule has 0 bridgehead atoms. The largest absolute Gasteiger partial charge is 0.392 e. The summed E-state index contributed by atoms with van der Waals surface area (Å²) in [5.74, 6) is 0. The fourth-order valence-corrected chi connectivity index (χ4v) is 2.59. The molecule has 0 aromatic heterocycles. The van der Waals surface area contributed by atoms with Crippen LogP contribution >= 0.6 is 0 Å². The number of aliphatic hydroxyl groups is 2. The molecule has 0 aliphatic carbocycles. The van der Waals surface area contributed by atoms with Gasteiger partial charge in [-0.2, -0.15) is 0 Å². The van der Waals surface area contributed by atoms with Crippen LogP contribution in [0.15, 0.2) is 48.5 Å². The molecule has 0 aliphatic rings. The molecule has 2 N–H and O–H groups in total. The Kier molecular flexibility index (Phi) is 2.74. The molecule has 0 atom stereocenters. The lowest BCUT2D eigenvalue weighted by molar-refractivity contribution is 0.279. The first kappa shape index (κ1) is 11.2. The predicted molar refractivity (Wildman–Crippen MR) is 73.3 cm³/mol. The van der Waals surface area contributed by atoms with Gasteiger partial charge in [-0.15, -0.1) is 0 Å². The number of hydrogen-bond donors (Lipinski definition) is 2. The van der Waals surface area contributed by atoms with Crippen LogP contribution in [-0.2, 0) is 13.2 Å². The van der Waals surface area contributed by atoms with Crippen LogP contribution in [0.4, 0.5) is 0 Å². The van der Waals surface area contributed by atoms with Crippen LogP contribution in [0.2, 0.25) is 0 Å². The van der Waals surface area contributed by atoms with Gasteiger partial charge >= 0.3 is 0 Å². The molecule has 0 fully saturated rings. The SMILES string of the molecule is OCc1cccc2c1c(CO)cc1ccccc12. The third kappa shape index (κ3) is 1.58. The second kappa shape index (κ2) is 4.41. The first-order valence-electron chi connectivity index (χ1n) is 5.99. The van der Waals surface area contributed by atoms with Gasteiger partial charge in [0, 0.05) is 0 Å². The quantitative estimate of drug-likeness (QED) is 0.674. The highest BCUT2D eigenvalue weighted by atomic mass is 16.3. The first-order valence-corrected chi connectivity index (χ1v) is 5.99. The lowest BCUT2D eigenvalue weighted by atomic mass is 9.94. The minimum atomic E-state index is -0.0155. The van der Waals surface area contributed by atoms with Crippen molar-refractivity contribution >= 4 is 21.5 Å². The van der Waals surface area contributed by atoms with Gasteiger partial charge in [0.1, 0.15) is 0 Å². The second-order valence-corrected chi connectivity index (χ2v) is 4.41. The third-order valence-corrected chi connectivity index (χ3v) is 3.39. The van der Waals surface area contributed by atoms with Crippen LogP contribution in [0.5, 0.6) is 0 Å². The molecular formula is C16H14O2. The van der Waals surface area contributed by atoms with Crippen LogP contribution in [-0.4, -0.2) is 10.2 Å². The Balaban J connectivity index is 2.56. The highest BCUT2D eigenvalue weighted by Gasteiger charge is 2.09. The van der Waals surface area contributed by atoms with Crippen LogP contribution in [0.3, 0.4) is 0 Å². The van der Waals surface area contributed by atoms with Crippen molar-refractivity contribution in [2.75, 3.05) is 0 Å². The van der Waals surface area contributed by atoms with Gasteiger partial charge < -0.3 is 10.2 Å². The lowest BCUT2D eigenvalue weighted by Gasteiger charge is -2.12. The summed E-state index contributed by atoms with van der Waals surface area (Å²) in [6, 6.07) is 16.0. The van der Waals surface area contributed by atoms with E-state index in [1.54, 1.807) is 0 Å². The average Bonchev–Trinajstić information content (AvgIpc) is 2.45. The van der Waals surface area contributed by atoms with Gasteiger partial charge in [0.25, 0.3) is 0 Å². The molecule has 0 amide bonds. The summed E-state index contributed by atoms with van der Waals surface area (Å²) in [4.78, 5) is 0. The van der Waals surface area contributed by atoms with Crippen molar-refractivity contribution in [3.05, 3.63) is 59.7 Å². The number of benzene rings is 3. The van der Waals surface area contributed by atoms with E-state index >= 15 is 0 Å². The Morgan fingerprint density at radius 1 is 0.722 bits per heavy atom. The predicted octanol–water partition coefficient (Wildman–Crippen LogP) is 2.98. The van der Waals surface area contributed by atoms with Crippen molar-refractivity contribution in [2.45, 2.75) is 13.2 Å². The van der Waals surface area contributed by atoms with Crippen molar-refractivity contribution < 1.29 is 10.2 Å². The maximum Gasteiger partial charge on any atom is 0.0688 e. The lowest BCUT2D eigenvalue weighted by Crippen LogP contribution is -1.93. The summed E-state index contributed by atoms with van der Waals surface area (Å²) in [6.07, 6.45) is 0. The van der Waals surface area contributed by atoms with Crippen molar-refractivity contribution in [3.8, 4) is 0 Å². The monoisotopic (exact) mass is 238 g/mol. The van der Waals surface area contributed by atoms with Gasteiger partial charge in [-0.1, -0.05) is 42.5 Å². The summed E-state index contributed by atoms with van der Waals surface area (Å²) in [6.45, 7) is -0.0268. The standard InChI is InChI=1S/C16H14O2/c17-9-12-5-3-7-15-14-6-2-1-4-11(14)8-13(10-18)16(12)15/h1-8,17-18H,9-10H2. The van der Waals surface area contributed by atoms with Gasteiger partial charge in [-0.25, -0.2) is 0 Å². The molecule has 3 aromatic rings. The number of fused-ring (bicyclic) bond motifs is 3. The maximum absolute atomic E-state index is 9.53. The fraction of sp³-hybridized carbons (Fsp3) is 0.125. The number of hydrogen-bond acceptors (Lipinski definition) is 2. The minimum Gasteiger partial charge on any atom is -0.392 e. The summed E-state index contributed by atoms with van der Waals surface area (Å²) in [7, 11) is 0. The van der Waals surface area contributed by atoms with Gasteiger partial charge in [0.15, 0.2) is 0 Å². The first-order chi connectivity index (χ1) is 8.85. The van der Waals surface area contributed by atoms with Crippen molar-refractivity contribution in [3.63, 3.8) is 0 Å². The average molecular weight is 238 g/mol. The van der Waals surface area contributed by atoms with Gasteiger partial charge in [-0.3, -0.25) is 0 Å². The highest BCUT2D eigenvalue weighted by molar-refractivity contribution is 6.10. The van der Waals surface area contributed by atoms with E-state index in [1.807, 2.05) is 42.5 Å². The zero-order valence-corrected chi connectivity index (χ0v) is 9.93. The summed E-state index contributed by atoms with van der Waals surface area (Å²) >= 11 is 0. The fourth-order valence-electron chi connectivity index (χ4n) is 2.59. The zero-order chi connectivity index (χ0) is 12.5. The molecule has 0 saturated carbocycles. The second-order valence-electron chi connectivity index (χ2n) is 4.41. The van der Waals surface area contributed by atoms with E-state index in [2.05, 4.69) is 6.07 Å². The van der Waals surface area contributed by atoms with E-state index in [1.165, 1.54) is 0 Å². The topological polar surface area (TPSA) is 40.5 Å². The molecule has 0 saturated heterocycles. The summed E-state index contributed by atoms with van der Waals surface area (Å²) < 4.78 is 0. The van der Waals surface area contributed by atoms with Crippen LogP contribution < -0.4 is 0 Å². The van der Waals surface area contributed by atoms with Crippen molar-refractivity contribution in [2.24, 2.45) is 0 Å². The Morgan fingerprint density at radius 3 is 2.22 bits per heavy atom. The van der Waals surface area contributed by atoms with E-state index < -0.39 is 0 Å². The molecule has 0 aliphatic heterocycles. The molecule has 0 radical (unpaired) electrons. The molecule has 3 aromatic carbocycles. The van der Waals surface area contributed by atoms with Crippen molar-refractivity contribution in [1.82, 2.24) is 0 Å². The van der Waals surface area contributed by atoms with Gasteiger partial charge in [0.05, 0.1) is 13.2 Å². The van der Waals surface area contributed by atoms with E-state index in [9.17, 15) is 10.2 Å². The molecule has 0 spiro atoms. The van der Waals surface area contributed by atoms with Gasteiger partial charge in [0.2, 0.25) is 0 Å². The zero-order valence-electron chi connectivity index (χ0n) is 9.93. The number of rotatable bonds is 2. The van der Waals surface area contributed by atoms with E-state index in [4.69, 9.17) is 0 Å². The Labute approximate surface area is 105 Å². The van der Waals surface area contributed by atoms with Crippen LogP contribution in [0, 0.1) is 0 Å². The van der Waals surface area contributed by atoms with Crippen molar-refractivity contribution in [1.29, 1.82) is 0 Å². The Morgan fingerprint density at radius 2 is 1.44 bits per heavy atom. The molecule has 90 valence electrons. The molecule has 18 heavy (non-hydrogen) atoms. The molecular weight excluding hydrogens is 224 g/mol. The highest BCUT2D eigenvalue weighted by Crippen LogP contribution is 2.31. The van der Waals surface area contributed by atoms with Crippen LogP contribution in [0.1, 0.15) is 11.1 Å². The minimum absolute atomic E-state index is 0.0112. The van der Waals surface area contributed by atoms with E-state index in [-0.39, 0.29) is 13.2 Å². The van der Waals surface area contributed by atoms with Gasteiger partial charge in [-0.05, 0) is 38.7 Å². The van der Waals surface area contributed by atoms with E-state index in [0.717, 1.165) is 32.7 Å². The molecule has 0 heterocycles. The normalized spacial score (nSPS) is 11.2. The van der Waals surface area contributed by atoms with E-state index in [0.29, 0.717) is 0 Å². The molecule has 2 heteroatoms. The smallest absolute Gasteiger partial charge is 0.0688 e.